The van der Waals surface area contributed by atoms with Gasteiger partial charge in [0.1, 0.15) is 17.7 Å². The summed E-state index contributed by atoms with van der Waals surface area (Å²) in [5.41, 5.74) is -3.40. The number of hydrogen-bond acceptors (Lipinski definition) is 7. The molecule has 0 spiro atoms. The van der Waals surface area contributed by atoms with Gasteiger partial charge in [-0.3, -0.25) is 5.41 Å². The van der Waals surface area contributed by atoms with E-state index in [4.69, 9.17) is 19.6 Å². The third-order valence-corrected chi connectivity index (χ3v) is 6.88. The van der Waals surface area contributed by atoms with Crippen LogP contribution >= 0.6 is 15.9 Å². The van der Waals surface area contributed by atoms with E-state index >= 15 is 0 Å². The lowest BCUT2D eigenvalue weighted by Crippen LogP contribution is -2.57. The molecule has 0 radical (unpaired) electrons. The van der Waals surface area contributed by atoms with Gasteiger partial charge in [-0.25, -0.2) is 4.39 Å². The summed E-state index contributed by atoms with van der Waals surface area (Å²) in [6.45, 7) is 1.59. The minimum atomic E-state index is -2.13. The topological polar surface area (TPSA) is 123 Å². The first-order valence-corrected chi connectivity index (χ1v) is 10.3. The zero-order chi connectivity index (χ0) is 23.3. The first-order chi connectivity index (χ1) is 15.3. The van der Waals surface area contributed by atoms with Crippen LogP contribution < -0.4 is 4.74 Å². The summed E-state index contributed by atoms with van der Waals surface area (Å²) in [5, 5.41) is 39.5. The number of rotatable bonds is 3. The van der Waals surface area contributed by atoms with Crippen LogP contribution in [0, 0.1) is 62.0 Å². The van der Waals surface area contributed by atoms with Gasteiger partial charge < -0.3 is 14.2 Å². The predicted molar refractivity (Wildman–Crippen MR) is 112 cm³/mol. The molecule has 2 aromatic rings. The van der Waals surface area contributed by atoms with Crippen LogP contribution in [0.4, 0.5) is 4.39 Å². The molecule has 4 rings (SSSR count). The maximum absolute atomic E-state index is 13.6. The summed E-state index contributed by atoms with van der Waals surface area (Å²) in [5.74, 6) is -3.34. The first kappa shape index (κ1) is 21.8. The highest BCUT2D eigenvalue weighted by molar-refractivity contribution is 9.10. The van der Waals surface area contributed by atoms with Gasteiger partial charge in [-0.15, -0.1) is 0 Å². The number of fused-ring (bicyclic) bond motifs is 2. The lowest BCUT2D eigenvalue weighted by atomic mass is 9.53. The Balaban J connectivity index is 2.08. The van der Waals surface area contributed by atoms with Crippen molar-refractivity contribution in [2.45, 2.75) is 18.8 Å². The van der Waals surface area contributed by atoms with Crippen molar-refractivity contribution in [3.63, 3.8) is 0 Å². The normalized spacial score (nSPS) is 29.8. The largest absolute Gasteiger partial charge is 0.496 e. The molecule has 9 heteroatoms. The van der Waals surface area contributed by atoms with Crippen molar-refractivity contribution >= 4 is 21.8 Å². The van der Waals surface area contributed by atoms with Gasteiger partial charge in [0.15, 0.2) is 5.41 Å². The third-order valence-electron chi connectivity index (χ3n) is 6.39. The van der Waals surface area contributed by atoms with E-state index in [0.717, 1.165) is 0 Å². The molecule has 160 valence electrons. The highest BCUT2D eigenvalue weighted by Crippen LogP contribution is 2.69. The smallest absolute Gasteiger partial charge is 0.244 e. The van der Waals surface area contributed by atoms with E-state index in [-0.39, 0.29) is 0 Å². The second-order valence-electron chi connectivity index (χ2n) is 7.66. The molecule has 2 aromatic carbocycles. The van der Waals surface area contributed by atoms with E-state index < -0.39 is 40.4 Å². The number of benzene rings is 2. The van der Waals surface area contributed by atoms with E-state index in [9.17, 15) is 20.2 Å². The highest BCUT2D eigenvalue weighted by atomic mass is 79.9. The number of methoxy groups -OCH3 is 1. The number of nitriles is 3. The van der Waals surface area contributed by atoms with Crippen molar-refractivity contribution in [2.75, 3.05) is 7.11 Å². The molecule has 2 bridgehead atoms. The Bertz CT molecular complexity index is 1230. The number of ether oxygens (including phenoxy) is 3. The van der Waals surface area contributed by atoms with Gasteiger partial charge >= 0.3 is 0 Å². The Morgan fingerprint density at radius 1 is 1.09 bits per heavy atom. The van der Waals surface area contributed by atoms with Crippen LogP contribution in [0.25, 0.3) is 0 Å². The van der Waals surface area contributed by atoms with Gasteiger partial charge in [0.25, 0.3) is 0 Å². The molecule has 2 fully saturated rings. The molecule has 2 heterocycles. The molecule has 1 N–H and O–H groups in total. The molecule has 0 aromatic heterocycles. The fraction of sp³-hybridized carbons (Fsp3) is 0.304. The Kier molecular flexibility index (Phi) is 4.97. The van der Waals surface area contributed by atoms with Crippen LogP contribution in [0.1, 0.15) is 24.2 Å². The Hall–Kier alpha value is -3.45. The van der Waals surface area contributed by atoms with Crippen molar-refractivity contribution in [3.8, 4) is 24.0 Å². The Morgan fingerprint density at radius 2 is 1.75 bits per heavy atom. The zero-order valence-corrected chi connectivity index (χ0v) is 18.6. The molecule has 32 heavy (non-hydrogen) atoms. The average Bonchev–Trinajstić information content (AvgIpc) is 2.95. The van der Waals surface area contributed by atoms with Gasteiger partial charge in [0.2, 0.25) is 17.1 Å². The van der Waals surface area contributed by atoms with Crippen LogP contribution in [0.15, 0.2) is 46.9 Å². The van der Waals surface area contributed by atoms with Crippen LogP contribution in [0.5, 0.6) is 5.75 Å². The molecule has 4 atom stereocenters. The summed E-state index contributed by atoms with van der Waals surface area (Å²) < 4.78 is 32.0. The monoisotopic (exact) mass is 494 g/mol. The van der Waals surface area contributed by atoms with Crippen LogP contribution in [-0.2, 0) is 15.3 Å². The summed E-state index contributed by atoms with van der Waals surface area (Å²) in [7, 11) is 1.43. The van der Waals surface area contributed by atoms with Gasteiger partial charge in [-0.1, -0.05) is 22.9 Å². The molecule has 0 amide bonds. The number of hydrogen-bond donors (Lipinski definition) is 1. The zero-order valence-electron chi connectivity index (χ0n) is 17.0. The average molecular weight is 495 g/mol. The lowest BCUT2D eigenvalue weighted by Gasteiger charge is -2.49. The van der Waals surface area contributed by atoms with Gasteiger partial charge in [-0.05, 0) is 42.5 Å². The van der Waals surface area contributed by atoms with Crippen molar-refractivity contribution in [3.05, 3.63) is 63.9 Å². The molecule has 2 saturated heterocycles. The molecule has 4 unspecified atom stereocenters. The van der Waals surface area contributed by atoms with Crippen LogP contribution in [0.2, 0.25) is 0 Å². The fourth-order valence-electron chi connectivity index (χ4n) is 4.74. The second-order valence-corrected chi connectivity index (χ2v) is 8.58. The summed E-state index contributed by atoms with van der Waals surface area (Å²) in [6.07, 6.45) is -1.33. The Morgan fingerprint density at radius 3 is 2.31 bits per heavy atom. The number of nitrogens with zero attached hydrogens (tertiary/aromatic N) is 3. The van der Waals surface area contributed by atoms with E-state index in [0.29, 0.717) is 21.3 Å². The number of nitrogens with one attached hydrogen (secondary N) is 1. The van der Waals surface area contributed by atoms with Crippen LogP contribution in [0.3, 0.4) is 0 Å². The van der Waals surface area contributed by atoms with E-state index in [1.807, 2.05) is 12.1 Å². The summed E-state index contributed by atoms with van der Waals surface area (Å²) in [4.78, 5) is 0. The minimum absolute atomic E-state index is 0.330. The predicted octanol–water partition coefficient (Wildman–Crippen LogP) is 4.71. The van der Waals surface area contributed by atoms with E-state index in [1.165, 1.54) is 31.4 Å². The minimum Gasteiger partial charge on any atom is -0.496 e. The fourth-order valence-corrected chi connectivity index (χ4v) is 5.12. The quantitative estimate of drug-likeness (QED) is 0.658. The highest BCUT2D eigenvalue weighted by Gasteiger charge is 2.80. The second kappa shape index (κ2) is 7.31. The standard InChI is InChI=1S/C23H16BrFN4O3/c1-13-22(12-28)20(29)32-23(13,14-3-6-16(25)7-4-14)31-19(21(22,10-26)11-27)17-9-15(24)5-8-18(17)30-2/h3-9,13,19,29H,1-2H3. The van der Waals surface area contributed by atoms with Gasteiger partial charge in [0.05, 0.1) is 31.2 Å². The third kappa shape index (κ3) is 2.48. The SMILES string of the molecule is COc1ccc(Br)cc1C1OC2(c3ccc(F)cc3)OC(=N)C(C#N)(C2C)C1(C#N)C#N. The van der Waals surface area contributed by atoms with E-state index in [2.05, 4.69) is 22.0 Å². The molecule has 0 aliphatic carbocycles. The van der Waals surface area contributed by atoms with Gasteiger partial charge in [-0.2, -0.15) is 15.8 Å². The Labute approximate surface area is 192 Å². The van der Waals surface area contributed by atoms with Crippen molar-refractivity contribution in [1.29, 1.82) is 21.2 Å². The molecule has 7 nitrogen and oxygen atoms in total. The van der Waals surface area contributed by atoms with E-state index in [1.54, 1.807) is 25.1 Å². The molecule has 2 aliphatic rings. The van der Waals surface area contributed by atoms with Crippen LogP contribution in [-0.4, -0.2) is 13.0 Å². The van der Waals surface area contributed by atoms with Crippen molar-refractivity contribution in [2.24, 2.45) is 16.7 Å². The molecule has 2 aliphatic heterocycles. The van der Waals surface area contributed by atoms with Crippen molar-refractivity contribution in [1.82, 2.24) is 0 Å². The summed E-state index contributed by atoms with van der Waals surface area (Å²) >= 11 is 3.38. The first-order valence-electron chi connectivity index (χ1n) is 9.55. The maximum Gasteiger partial charge on any atom is 0.244 e. The summed E-state index contributed by atoms with van der Waals surface area (Å²) in [6, 6.07) is 16.3. The van der Waals surface area contributed by atoms with Crippen molar-refractivity contribution < 1.29 is 18.6 Å². The maximum atomic E-state index is 13.6. The number of halogens is 2. The molecule has 0 saturated carbocycles. The van der Waals surface area contributed by atoms with Gasteiger partial charge in [0, 0.05) is 15.6 Å². The lowest BCUT2D eigenvalue weighted by molar-refractivity contribution is -0.288. The molecular weight excluding hydrogens is 479 g/mol. The molecular formula is C23H16BrFN4O3.